The second-order valence-electron chi connectivity index (χ2n) is 16.7. The van der Waals surface area contributed by atoms with Crippen LogP contribution in [0.3, 0.4) is 0 Å². The molecule has 3 aromatic heterocycles. The largest absolute Gasteiger partial charge is 0.474 e. The van der Waals surface area contributed by atoms with Crippen LogP contribution in [0.5, 0.6) is 17.4 Å². The van der Waals surface area contributed by atoms with Crippen molar-refractivity contribution in [1.82, 2.24) is 29.5 Å². The molecule has 1 aliphatic carbocycles. The van der Waals surface area contributed by atoms with E-state index in [9.17, 15) is 13.2 Å². The second-order valence-corrected chi connectivity index (χ2v) is 19.2. The average Bonchev–Trinajstić information content (AvgIpc) is 3.73. The molecule has 14 nitrogen and oxygen atoms in total. The number of amides is 1. The molecule has 0 spiro atoms. The van der Waals surface area contributed by atoms with Crippen LogP contribution in [-0.4, -0.2) is 111 Å². The van der Waals surface area contributed by atoms with Gasteiger partial charge in [0.05, 0.1) is 37.2 Å². The van der Waals surface area contributed by atoms with E-state index in [2.05, 4.69) is 61.5 Å². The number of sulfonamides is 1. The molecular formula is C45H48Cl2N8O6S. The maximum absolute atomic E-state index is 13.9. The predicted octanol–water partition coefficient (Wildman–Crippen LogP) is 7.56. The number of halogens is 2. The normalized spacial score (nSPS) is 18.7. The van der Waals surface area contributed by atoms with E-state index < -0.39 is 15.9 Å². The van der Waals surface area contributed by atoms with Crippen LogP contribution in [0.15, 0.2) is 89.7 Å². The molecule has 1 atom stereocenters. The zero-order valence-corrected chi connectivity index (χ0v) is 36.9. The number of rotatable bonds is 13. The van der Waals surface area contributed by atoms with Crippen LogP contribution < -0.4 is 19.1 Å². The van der Waals surface area contributed by atoms with Crippen LogP contribution in [0.4, 0.5) is 5.69 Å². The molecule has 3 aliphatic rings. The Balaban J connectivity index is 0.971. The number of nitrogens with zero attached hydrogens (tertiary/aromatic N) is 6. The van der Waals surface area contributed by atoms with Crippen molar-refractivity contribution in [2.45, 2.75) is 44.1 Å². The molecule has 0 unspecified atom stereocenters. The number of fused-ring (bicyclic) bond motifs is 1. The molecule has 2 aliphatic heterocycles. The molecule has 17 heteroatoms. The molecule has 2 saturated heterocycles. The number of aromatic nitrogens is 3. The van der Waals surface area contributed by atoms with Crippen molar-refractivity contribution in [3.05, 3.63) is 106 Å². The summed E-state index contributed by atoms with van der Waals surface area (Å²) in [6.07, 6.45) is 7.28. The molecule has 2 N–H and O–H groups in total. The first-order chi connectivity index (χ1) is 29.8. The highest BCUT2D eigenvalue weighted by Gasteiger charge is 2.30. The second kappa shape index (κ2) is 18.6. The summed E-state index contributed by atoms with van der Waals surface area (Å²) in [6, 6.07) is 20.3. The Kier molecular flexibility index (Phi) is 13.1. The van der Waals surface area contributed by atoms with Gasteiger partial charge in [0.25, 0.3) is 15.9 Å². The summed E-state index contributed by atoms with van der Waals surface area (Å²) in [5.74, 6) is -0.356. The van der Waals surface area contributed by atoms with Crippen LogP contribution >= 0.6 is 23.2 Å². The Bertz CT molecular complexity index is 2620. The Labute approximate surface area is 371 Å². The Morgan fingerprint density at radius 2 is 1.82 bits per heavy atom. The number of allylic oxidation sites excluding steroid dienone is 1. The van der Waals surface area contributed by atoms with Crippen LogP contribution in [0, 0.1) is 16.7 Å². The fourth-order valence-corrected chi connectivity index (χ4v) is 9.52. The highest BCUT2D eigenvalue weighted by Crippen LogP contribution is 2.43. The van der Waals surface area contributed by atoms with Crippen molar-refractivity contribution in [2.24, 2.45) is 5.41 Å². The van der Waals surface area contributed by atoms with Gasteiger partial charge in [-0.3, -0.25) is 14.6 Å². The van der Waals surface area contributed by atoms with E-state index in [0.717, 1.165) is 74.3 Å². The first-order valence-corrected chi connectivity index (χ1v) is 22.8. The number of H-pyrrole nitrogens is 1. The number of anilines is 1. The maximum Gasteiger partial charge on any atom is 0.268 e. The smallest absolute Gasteiger partial charge is 0.268 e. The van der Waals surface area contributed by atoms with Gasteiger partial charge in [-0.25, -0.2) is 23.1 Å². The van der Waals surface area contributed by atoms with Crippen LogP contribution in [0.25, 0.3) is 16.6 Å². The van der Waals surface area contributed by atoms with Gasteiger partial charge in [-0.05, 0) is 78.3 Å². The topological polar surface area (TPSA) is 166 Å². The maximum atomic E-state index is 13.9. The summed E-state index contributed by atoms with van der Waals surface area (Å²) in [4.78, 5) is 31.9. The first kappa shape index (κ1) is 43.4. The summed E-state index contributed by atoms with van der Waals surface area (Å²) in [5, 5.41) is 10.5. The van der Waals surface area contributed by atoms with Gasteiger partial charge in [0.15, 0.2) is 0 Å². The van der Waals surface area contributed by atoms with Gasteiger partial charge in [0.2, 0.25) is 5.88 Å². The van der Waals surface area contributed by atoms with Gasteiger partial charge in [-0.2, -0.15) is 5.26 Å². The lowest BCUT2D eigenvalue weighted by Gasteiger charge is -2.39. The van der Waals surface area contributed by atoms with Gasteiger partial charge >= 0.3 is 0 Å². The SMILES string of the molecule is CC1(C)CCC(CN2CCN(c3ccc(C(=O)NS(=O)(=O)c4cnc(OC[C@H]5CN(CC#N)CCO5)c(Cl)c4)c(Oc4cnc5[nH]ccc5c4)c3)CC2)=C(c2ccc(Cl)cc2)C1. The van der Waals surface area contributed by atoms with E-state index >= 15 is 0 Å². The quantitative estimate of drug-likeness (QED) is 0.112. The van der Waals surface area contributed by atoms with Crippen molar-refractivity contribution < 1.29 is 27.4 Å². The number of carbonyl (C=O) groups excluding carboxylic acids is 1. The summed E-state index contributed by atoms with van der Waals surface area (Å²) in [6.45, 7) is 10.7. The number of aromatic amines is 1. The minimum Gasteiger partial charge on any atom is -0.474 e. The number of nitrogens with one attached hydrogen (secondary N) is 2. The molecular weight excluding hydrogens is 852 g/mol. The summed E-state index contributed by atoms with van der Waals surface area (Å²) < 4.78 is 47.2. The van der Waals surface area contributed by atoms with Crippen LogP contribution in [0.2, 0.25) is 10.0 Å². The predicted molar refractivity (Wildman–Crippen MR) is 238 cm³/mol. The molecule has 1 amide bonds. The molecule has 8 rings (SSSR count). The monoisotopic (exact) mass is 898 g/mol. The summed E-state index contributed by atoms with van der Waals surface area (Å²) in [5.41, 5.74) is 5.88. The van der Waals surface area contributed by atoms with E-state index in [0.29, 0.717) is 31.1 Å². The Morgan fingerprint density at radius 3 is 2.60 bits per heavy atom. The fraction of sp³-hybridized carbons (Fsp3) is 0.378. The zero-order chi connectivity index (χ0) is 43.4. The van der Waals surface area contributed by atoms with E-state index in [-0.39, 0.29) is 51.8 Å². The third kappa shape index (κ3) is 10.3. The fourth-order valence-electron chi connectivity index (χ4n) is 8.17. The molecule has 0 bridgehead atoms. The van der Waals surface area contributed by atoms with E-state index in [4.69, 9.17) is 42.7 Å². The lowest BCUT2D eigenvalue weighted by molar-refractivity contribution is -0.0448. The van der Waals surface area contributed by atoms with Crippen molar-refractivity contribution in [1.29, 1.82) is 5.26 Å². The average molecular weight is 900 g/mol. The van der Waals surface area contributed by atoms with Gasteiger partial charge in [0.1, 0.15) is 39.8 Å². The third-order valence-electron chi connectivity index (χ3n) is 11.6. The number of hydrogen-bond donors (Lipinski definition) is 2. The number of hydrogen-bond acceptors (Lipinski definition) is 12. The summed E-state index contributed by atoms with van der Waals surface area (Å²) in [7, 11) is -4.45. The highest BCUT2D eigenvalue weighted by atomic mass is 35.5. The van der Waals surface area contributed by atoms with Crippen LogP contribution in [0.1, 0.15) is 49.0 Å². The number of pyridine rings is 2. The first-order valence-electron chi connectivity index (χ1n) is 20.6. The van der Waals surface area contributed by atoms with Crippen LogP contribution in [-0.2, 0) is 14.8 Å². The molecule has 324 valence electrons. The lowest BCUT2D eigenvalue weighted by atomic mass is 9.72. The number of morpholine rings is 1. The van der Waals surface area contributed by atoms with Gasteiger partial charge < -0.3 is 24.1 Å². The zero-order valence-electron chi connectivity index (χ0n) is 34.6. The molecule has 0 radical (unpaired) electrons. The molecule has 62 heavy (non-hydrogen) atoms. The van der Waals surface area contributed by atoms with E-state index in [1.165, 1.54) is 22.8 Å². The van der Waals surface area contributed by atoms with Crippen molar-refractivity contribution >= 4 is 61.4 Å². The number of piperazine rings is 1. The number of nitriles is 1. The number of carbonyl (C=O) groups is 1. The van der Waals surface area contributed by atoms with E-state index in [1.807, 2.05) is 29.2 Å². The Morgan fingerprint density at radius 1 is 1.02 bits per heavy atom. The minimum absolute atomic E-state index is 0.00366. The van der Waals surface area contributed by atoms with Crippen molar-refractivity contribution in [3.8, 4) is 23.4 Å². The molecule has 2 aromatic carbocycles. The lowest BCUT2D eigenvalue weighted by Crippen LogP contribution is -2.47. The van der Waals surface area contributed by atoms with Crippen molar-refractivity contribution in [2.75, 3.05) is 70.5 Å². The third-order valence-corrected chi connectivity index (χ3v) is 13.4. The van der Waals surface area contributed by atoms with Gasteiger partial charge in [0, 0.05) is 74.2 Å². The molecule has 5 aromatic rings. The number of benzene rings is 2. The standard InChI is InChI=1S/C45H48Cl2N8O6S/c1-45(2)11-9-32(39(24-45)30-3-5-33(46)6-4-30)27-54-15-17-55(18-16-54)34-7-8-38(41(22-34)61-35-21-31-10-13-49-42(31)50-25-35)43(56)52-62(57,58)37-23-40(47)44(51-26-37)60-29-36-28-53(14-12-48)19-20-59-36/h3-8,10,13,21-23,25-26,36H,9,11,14-20,24,27-29H2,1-2H3,(H,49,50)(H,52,56)/t36-/m1/s1. The Hall–Kier alpha value is -5.21. The molecule has 2 fully saturated rings. The van der Waals surface area contributed by atoms with Gasteiger partial charge in [-0.1, -0.05) is 54.8 Å². The number of ether oxygens (including phenoxy) is 3. The highest BCUT2D eigenvalue weighted by molar-refractivity contribution is 7.90. The molecule has 0 saturated carbocycles. The minimum atomic E-state index is -4.45. The molecule has 5 heterocycles. The van der Waals surface area contributed by atoms with Crippen molar-refractivity contribution in [3.63, 3.8) is 0 Å². The summed E-state index contributed by atoms with van der Waals surface area (Å²) >= 11 is 12.7. The van der Waals surface area contributed by atoms with Gasteiger partial charge in [-0.15, -0.1) is 0 Å². The van der Waals surface area contributed by atoms with E-state index in [1.54, 1.807) is 30.6 Å².